The van der Waals surface area contributed by atoms with Crippen LogP contribution < -0.4 is 5.32 Å². The summed E-state index contributed by atoms with van der Waals surface area (Å²) in [4.78, 5) is 16.8. The van der Waals surface area contributed by atoms with Crippen LogP contribution >= 0.6 is 11.6 Å². The fourth-order valence-corrected chi connectivity index (χ4v) is 2.70. The number of H-pyrrole nitrogens is 1. The molecule has 0 saturated heterocycles. The third kappa shape index (κ3) is 2.53. The lowest BCUT2D eigenvalue weighted by molar-refractivity contribution is 0.0952. The minimum Gasteiger partial charge on any atom is -0.346 e. The average molecular weight is 326 g/mol. The summed E-state index contributed by atoms with van der Waals surface area (Å²) in [5.41, 5.74) is 2.97. The van der Waals surface area contributed by atoms with Crippen molar-refractivity contribution in [2.24, 2.45) is 0 Å². The molecule has 6 nitrogen and oxygen atoms in total. The quantitative estimate of drug-likeness (QED) is 0.608. The van der Waals surface area contributed by atoms with Crippen molar-refractivity contribution in [1.29, 1.82) is 0 Å². The number of amides is 1. The van der Waals surface area contributed by atoms with Crippen LogP contribution in [0, 0.1) is 0 Å². The molecule has 1 amide bonds. The molecule has 0 aliphatic carbocycles. The molecule has 23 heavy (non-hydrogen) atoms. The van der Waals surface area contributed by atoms with Gasteiger partial charge in [-0.3, -0.25) is 9.89 Å². The van der Waals surface area contributed by atoms with E-state index < -0.39 is 0 Å². The van der Waals surface area contributed by atoms with Gasteiger partial charge in [0.05, 0.1) is 34.5 Å². The number of carbonyl (C=O) groups is 1. The van der Waals surface area contributed by atoms with Gasteiger partial charge in [-0.05, 0) is 24.3 Å². The Kier molecular flexibility index (Phi) is 3.24. The van der Waals surface area contributed by atoms with Gasteiger partial charge in [-0.25, -0.2) is 4.98 Å². The van der Waals surface area contributed by atoms with E-state index in [9.17, 15) is 4.79 Å². The first-order valence-electron chi connectivity index (χ1n) is 7.04. The van der Waals surface area contributed by atoms with Gasteiger partial charge < -0.3 is 9.72 Å². The smallest absolute Gasteiger partial charge is 0.252 e. The Labute approximate surface area is 136 Å². The summed E-state index contributed by atoms with van der Waals surface area (Å²) in [6.07, 6.45) is 5.28. The monoisotopic (exact) mass is 325 g/mol. The van der Waals surface area contributed by atoms with Crippen LogP contribution in [0.15, 0.2) is 48.9 Å². The second-order valence-corrected chi connectivity index (χ2v) is 5.60. The molecule has 0 bridgehead atoms. The largest absolute Gasteiger partial charge is 0.346 e. The van der Waals surface area contributed by atoms with Crippen molar-refractivity contribution in [3.05, 3.63) is 65.2 Å². The van der Waals surface area contributed by atoms with E-state index in [2.05, 4.69) is 20.5 Å². The lowest BCUT2D eigenvalue weighted by Crippen LogP contribution is -2.23. The minimum atomic E-state index is -0.160. The van der Waals surface area contributed by atoms with E-state index in [1.54, 1.807) is 24.5 Å². The number of halogens is 1. The second kappa shape index (κ2) is 5.40. The van der Waals surface area contributed by atoms with E-state index in [0.29, 0.717) is 17.1 Å². The summed E-state index contributed by atoms with van der Waals surface area (Å²) < 4.78 is 1.83. The van der Waals surface area contributed by atoms with Gasteiger partial charge in [0.15, 0.2) is 0 Å². The van der Waals surface area contributed by atoms with E-state index in [4.69, 9.17) is 11.6 Å². The number of fused-ring (bicyclic) bond motifs is 2. The highest BCUT2D eigenvalue weighted by molar-refractivity contribution is 6.30. The molecule has 0 saturated carbocycles. The topological polar surface area (TPSA) is 75.1 Å². The van der Waals surface area contributed by atoms with E-state index in [0.717, 1.165) is 22.2 Å². The third-order valence-electron chi connectivity index (χ3n) is 3.62. The molecule has 4 rings (SSSR count). The lowest BCUT2D eigenvalue weighted by atomic mass is 10.1. The number of imidazole rings is 1. The molecule has 4 aromatic rings. The Balaban J connectivity index is 1.55. The molecule has 0 unspecified atom stereocenters. The summed E-state index contributed by atoms with van der Waals surface area (Å²) in [7, 11) is 0. The number of pyridine rings is 1. The van der Waals surface area contributed by atoms with Gasteiger partial charge >= 0.3 is 0 Å². The molecule has 114 valence electrons. The lowest BCUT2D eigenvalue weighted by Gasteiger charge is -2.04. The van der Waals surface area contributed by atoms with E-state index in [-0.39, 0.29) is 5.91 Å². The molecular weight excluding hydrogens is 314 g/mol. The number of hydrogen-bond acceptors (Lipinski definition) is 3. The van der Waals surface area contributed by atoms with Crippen molar-refractivity contribution in [3.8, 4) is 0 Å². The van der Waals surface area contributed by atoms with Crippen LogP contribution in [0.1, 0.15) is 16.1 Å². The highest BCUT2D eigenvalue weighted by atomic mass is 35.5. The molecule has 0 spiro atoms. The van der Waals surface area contributed by atoms with Crippen molar-refractivity contribution >= 4 is 34.1 Å². The Morgan fingerprint density at radius 3 is 3.09 bits per heavy atom. The number of aromatic amines is 1. The molecule has 3 heterocycles. The normalized spacial score (nSPS) is 11.2. The SMILES string of the molecule is O=C(NCc1cn2cc(Cl)ccc2n1)c1cccc2[nH]ncc12. The Hall–Kier alpha value is -2.86. The number of rotatable bonds is 3. The first-order valence-corrected chi connectivity index (χ1v) is 7.42. The van der Waals surface area contributed by atoms with Gasteiger partial charge in [0.2, 0.25) is 0 Å². The highest BCUT2D eigenvalue weighted by Gasteiger charge is 2.11. The zero-order valence-electron chi connectivity index (χ0n) is 12.0. The predicted molar refractivity (Wildman–Crippen MR) is 87.5 cm³/mol. The Morgan fingerprint density at radius 2 is 2.17 bits per heavy atom. The van der Waals surface area contributed by atoms with Crippen LogP contribution in [0.2, 0.25) is 5.02 Å². The Morgan fingerprint density at radius 1 is 1.26 bits per heavy atom. The molecule has 7 heteroatoms. The van der Waals surface area contributed by atoms with Gasteiger partial charge in [-0.2, -0.15) is 5.10 Å². The van der Waals surface area contributed by atoms with Crippen LogP contribution in [0.4, 0.5) is 0 Å². The Bertz CT molecular complexity index is 1020. The van der Waals surface area contributed by atoms with Gasteiger partial charge in [0.25, 0.3) is 5.91 Å². The van der Waals surface area contributed by atoms with Gasteiger partial charge in [-0.15, -0.1) is 0 Å². The van der Waals surface area contributed by atoms with Crippen LogP contribution in [0.5, 0.6) is 0 Å². The summed E-state index contributed by atoms with van der Waals surface area (Å²) in [6.45, 7) is 0.340. The number of benzene rings is 1. The highest BCUT2D eigenvalue weighted by Crippen LogP contribution is 2.16. The number of nitrogens with one attached hydrogen (secondary N) is 2. The van der Waals surface area contributed by atoms with Gasteiger partial charge in [0.1, 0.15) is 5.65 Å². The van der Waals surface area contributed by atoms with Crippen molar-refractivity contribution in [3.63, 3.8) is 0 Å². The number of carbonyl (C=O) groups excluding carboxylic acids is 1. The van der Waals surface area contributed by atoms with Crippen LogP contribution in [0.3, 0.4) is 0 Å². The van der Waals surface area contributed by atoms with Crippen molar-refractivity contribution in [2.45, 2.75) is 6.54 Å². The second-order valence-electron chi connectivity index (χ2n) is 5.16. The molecule has 3 aromatic heterocycles. The van der Waals surface area contributed by atoms with Crippen molar-refractivity contribution in [1.82, 2.24) is 24.9 Å². The van der Waals surface area contributed by atoms with E-state index >= 15 is 0 Å². The van der Waals surface area contributed by atoms with Crippen molar-refractivity contribution in [2.75, 3.05) is 0 Å². The maximum Gasteiger partial charge on any atom is 0.252 e. The summed E-state index contributed by atoms with van der Waals surface area (Å²) in [5, 5.41) is 11.1. The molecule has 2 N–H and O–H groups in total. The number of hydrogen-bond donors (Lipinski definition) is 2. The molecule has 0 atom stereocenters. The van der Waals surface area contributed by atoms with Gasteiger partial charge in [0, 0.05) is 17.8 Å². The molecule has 0 aliphatic heterocycles. The maximum absolute atomic E-state index is 12.4. The minimum absolute atomic E-state index is 0.160. The van der Waals surface area contributed by atoms with Crippen LogP contribution in [-0.2, 0) is 6.54 Å². The standard InChI is InChI=1S/C16H12ClN5O/c17-10-4-5-15-20-11(9-22(15)8-10)6-18-16(23)12-2-1-3-14-13(12)7-19-21-14/h1-5,7-9H,6H2,(H,18,23)(H,19,21). The third-order valence-corrected chi connectivity index (χ3v) is 3.85. The first kappa shape index (κ1) is 13.8. The molecule has 1 aromatic carbocycles. The summed E-state index contributed by atoms with van der Waals surface area (Å²) in [6, 6.07) is 9.09. The molecule has 0 fully saturated rings. The van der Waals surface area contributed by atoms with E-state index in [1.807, 2.05) is 28.8 Å². The molecule has 0 radical (unpaired) electrons. The fourth-order valence-electron chi connectivity index (χ4n) is 2.53. The zero-order chi connectivity index (χ0) is 15.8. The maximum atomic E-state index is 12.4. The van der Waals surface area contributed by atoms with Crippen LogP contribution in [-0.4, -0.2) is 25.5 Å². The van der Waals surface area contributed by atoms with E-state index in [1.165, 1.54) is 0 Å². The first-order chi connectivity index (χ1) is 11.2. The number of aromatic nitrogens is 4. The number of nitrogens with zero attached hydrogens (tertiary/aromatic N) is 3. The average Bonchev–Trinajstić information content (AvgIpc) is 3.17. The molecular formula is C16H12ClN5O. The summed E-state index contributed by atoms with van der Waals surface area (Å²) >= 11 is 5.95. The van der Waals surface area contributed by atoms with Crippen LogP contribution in [0.25, 0.3) is 16.6 Å². The molecule has 0 aliphatic rings. The summed E-state index contributed by atoms with van der Waals surface area (Å²) in [5.74, 6) is -0.160. The predicted octanol–water partition coefficient (Wildman–Crippen LogP) is 2.79. The fraction of sp³-hybridized carbons (Fsp3) is 0.0625. The van der Waals surface area contributed by atoms with Crippen molar-refractivity contribution < 1.29 is 4.79 Å². The zero-order valence-corrected chi connectivity index (χ0v) is 12.7. The van der Waals surface area contributed by atoms with Gasteiger partial charge in [-0.1, -0.05) is 17.7 Å².